The molecule has 0 aliphatic carbocycles. The third-order valence-electron chi connectivity index (χ3n) is 4.26. The molecule has 0 aliphatic heterocycles. The van der Waals surface area contributed by atoms with E-state index in [0.717, 1.165) is 17.1 Å². The van der Waals surface area contributed by atoms with Crippen LogP contribution in [0.3, 0.4) is 0 Å². The number of carbonyl (C=O) groups excluding carboxylic acids is 1. The topological polar surface area (TPSA) is 76.1 Å². The molecule has 0 amide bonds. The number of anilines is 4. The summed E-state index contributed by atoms with van der Waals surface area (Å²) in [6.45, 7) is 6.23. The summed E-state index contributed by atoms with van der Waals surface area (Å²) >= 11 is 0. The first-order chi connectivity index (χ1) is 13.5. The van der Waals surface area contributed by atoms with Crippen LogP contribution in [0.4, 0.5) is 23.1 Å². The van der Waals surface area contributed by atoms with Gasteiger partial charge in [0.2, 0.25) is 5.95 Å². The number of nitrogens with one attached hydrogen (secondary N) is 2. The second-order valence-electron chi connectivity index (χ2n) is 6.78. The molecular weight excluding hydrogens is 352 g/mol. The van der Waals surface area contributed by atoms with Crippen molar-refractivity contribution in [3.05, 3.63) is 71.4 Å². The van der Waals surface area contributed by atoms with Gasteiger partial charge >= 0.3 is 5.97 Å². The van der Waals surface area contributed by atoms with Crippen molar-refractivity contribution >= 4 is 29.1 Å². The Hall–Kier alpha value is -3.41. The fourth-order valence-corrected chi connectivity index (χ4v) is 2.88. The lowest BCUT2D eigenvalue weighted by Gasteiger charge is -2.15. The van der Waals surface area contributed by atoms with E-state index in [2.05, 4.69) is 40.5 Å². The van der Waals surface area contributed by atoms with Crippen LogP contribution in [0, 0.1) is 6.92 Å². The van der Waals surface area contributed by atoms with E-state index in [9.17, 15) is 4.79 Å². The predicted molar refractivity (Wildman–Crippen MR) is 112 cm³/mol. The van der Waals surface area contributed by atoms with Gasteiger partial charge in [0.1, 0.15) is 5.82 Å². The molecule has 0 saturated heterocycles. The van der Waals surface area contributed by atoms with Crippen molar-refractivity contribution in [2.45, 2.75) is 26.7 Å². The number of hydrogen-bond donors (Lipinski definition) is 2. The van der Waals surface area contributed by atoms with Crippen LogP contribution in [0.25, 0.3) is 0 Å². The third kappa shape index (κ3) is 4.65. The molecule has 0 fully saturated rings. The van der Waals surface area contributed by atoms with Gasteiger partial charge in [-0.1, -0.05) is 32.0 Å². The Morgan fingerprint density at radius 2 is 1.71 bits per heavy atom. The highest BCUT2D eigenvalue weighted by atomic mass is 16.5. The number of aryl methyl sites for hydroxylation is 1. The number of hydrogen-bond acceptors (Lipinski definition) is 6. The predicted octanol–water partition coefficient (Wildman–Crippen LogP) is 5.18. The van der Waals surface area contributed by atoms with Crippen LogP contribution >= 0.6 is 0 Å². The standard InChI is InChI=1S/C22H24N4O2/c1-14(2)18-7-5-6-8-19(18)25-22-23-15(3)13-20(26-22)24-17-11-9-16(10-12-17)21(27)28-4/h5-14H,1-4H3,(H2,23,24,25,26). The maximum absolute atomic E-state index is 11.5. The zero-order valence-electron chi connectivity index (χ0n) is 16.5. The van der Waals surface area contributed by atoms with Crippen molar-refractivity contribution in [3.63, 3.8) is 0 Å². The van der Waals surface area contributed by atoms with Crippen LogP contribution in [-0.2, 0) is 4.74 Å². The molecule has 6 nitrogen and oxygen atoms in total. The van der Waals surface area contributed by atoms with Gasteiger partial charge in [-0.25, -0.2) is 9.78 Å². The monoisotopic (exact) mass is 376 g/mol. The van der Waals surface area contributed by atoms with Gasteiger partial charge < -0.3 is 15.4 Å². The van der Waals surface area contributed by atoms with E-state index in [1.165, 1.54) is 12.7 Å². The zero-order chi connectivity index (χ0) is 20.1. The molecular formula is C22H24N4O2. The van der Waals surface area contributed by atoms with Gasteiger partial charge in [0.05, 0.1) is 12.7 Å². The van der Waals surface area contributed by atoms with Gasteiger partial charge in [-0.15, -0.1) is 0 Å². The zero-order valence-corrected chi connectivity index (χ0v) is 16.5. The minimum absolute atomic E-state index is 0.361. The lowest BCUT2D eigenvalue weighted by atomic mass is 10.0. The van der Waals surface area contributed by atoms with Crippen molar-refractivity contribution in [3.8, 4) is 0 Å². The SMILES string of the molecule is COC(=O)c1ccc(Nc2cc(C)nc(Nc3ccccc3C(C)C)n2)cc1. The summed E-state index contributed by atoms with van der Waals surface area (Å²) in [6.07, 6.45) is 0. The maximum Gasteiger partial charge on any atom is 0.337 e. The summed E-state index contributed by atoms with van der Waals surface area (Å²) in [7, 11) is 1.37. The summed E-state index contributed by atoms with van der Waals surface area (Å²) < 4.78 is 4.72. The first-order valence-corrected chi connectivity index (χ1v) is 9.13. The first-order valence-electron chi connectivity index (χ1n) is 9.13. The Kier molecular flexibility index (Phi) is 5.89. The average Bonchev–Trinajstić information content (AvgIpc) is 2.68. The fraction of sp³-hybridized carbons (Fsp3) is 0.227. The molecule has 0 radical (unpaired) electrons. The quantitative estimate of drug-likeness (QED) is 0.577. The summed E-state index contributed by atoms with van der Waals surface area (Å²) in [5, 5.41) is 6.58. The molecule has 0 atom stereocenters. The van der Waals surface area contributed by atoms with Crippen molar-refractivity contribution < 1.29 is 9.53 Å². The number of benzene rings is 2. The number of para-hydroxylation sites is 1. The van der Waals surface area contributed by atoms with Crippen LogP contribution < -0.4 is 10.6 Å². The molecule has 3 rings (SSSR count). The number of esters is 1. The molecule has 1 heterocycles. The van der Waals surface area contributed by atoms with Crippen LogP contribution in [-0.4, -0.2) is 23.0 Å². The van der Waals surface area contributed by atoms with E-state index in [1.54, 1.807) is 12.1 Å². The average molecular weight is 376 g/mol. The number of ether oxygens (including phenoxy) is 1. The Morgan fingerprint density at radius 1 is 1.00 bits per heavy atom. The molecule has 144 valence electrons. The van der Waals surface area contributed by atoms with E-state index in [0.29, 0.717) is 23.2 Å². The van der Waals surface area contributed by atoms with Crippen molar-refractivity contribution in [1.29, 1.82) is 0 Å². The second-order valence-corrected chi connectivity index (χ2v) is 6.78. The van der Waals surface area contributed by atoms with E-state index in [1.807, 2.05) is 43.3 Å². The minimum Gasteiger partial charge on any atom is -0.465 e. The van der Waals surface area contributed by atoms with E-state index in [4.69, 9.17) is 4.74 Å². The summed E-state index contributed by atoms with van der Waals surface area (Å²) in [4.78, 5) is 20.6. The highest BCUT2D eigenvalue weighted by molar-refractivity contribution is 5.89. The van der Waals surface area contributed by atoms with Gasteiger partial charge in [0.25, 0.3) is 0 Å². The molecule has 6 heteroatoms. The molecule has 28 heavy (non-hydrogen) atoms. The Labute approximate surface area is 165 Å². The first kappa shape index (κ1) is 19.4. The van der Waals surface area contributed by atoms with Gasteiger partial charge in [0.15, 0.2) is 0 Å². The van der Waals surface area contributed by atoms with Crippen LogP contribution in [0.15, 0.2) is 54.6 Å². The molecule has 0 aliphatic rings. The Bertz CT molecular complexity index is 969. The van der Waals surface area contributed by atoms with E-state index < -0.39 is 0 Å². The van der Waals surface area contributed by atoms with Gasteiger partial charge in [-0.05, 0) is 48.7 Å². The van der Waals surface area contributed by atoms with Crippen LogP contribution in [0.1, 0.15) is 41.4 Å². The lowest BCUT2D eigenvalue weighted by Crippen LogP contribution is -2.05. The number of carbonyl (C=O) groups is 1. The smallest absolute Gasteiger partial charge is 0.337 e. The molecule has 0 spiro atoms. The van der Waals surface area contributed by atoms with E-state index in [-0.39, 0.29) is 5.97 Å². The fourth-order valence-electron chi connectivity index (χ4n) is 2.88. The van der Waals surface area contributed by atoms with Crippen LogP contribution in [0.5, 0.6) is 0 Å². The van der Waals surface area contributed by atoms with E-state index >= 15 is 0 Å². The third-order valence-corrected chi connectivity index (χ3v) is 4.26. The normalized spacial score (nSPS) is 10.6. The lowest BCUT2D eigenvalue weighted by molar-refractivity contribution is 0.0601. The van der Waals surface area contributed by atoms with Gasteiger partial charge in [-0.3, -0.25) is 0 Å². The second kappa shape index (κ2) is 8.52. The van der Waals surface area contributed by atoms with Crippen molar-refractivity contribution in [2.75, 3.05) is 17.7 Å². The molecule has 0 unspecified atom stereocenters. The number of rotatable bonds is 6. The highest BCUT2D eigenvalue weighted by Crippen LogP contribution is 2.26. The Morgan fingerprint density at radius 3 is 2.39 bits per heavy atom. The van der Waals surface area contributed by atoms with Crippen molar-refractivity contribution in [2.24, 2.45) is 0 Å². The molecule has 2 aromatic carbocycles. The molecule has 3 aromatic rings. The Balaban J connectivity index is 1.81. The van der Waals surface area contributed by atoms with Gasteiger partial charge in [0, 0.05) is 23.1 Å². The molecule has 0 bridgehead atoms. The van der Waals surface area contributed by atoms with Crippen molar-refractivity contribution in [1.82, 2.24) is 9.97 Å². The number of aromatic nitrogens is 2. The molecule has 1 aromatic heterocycles. The highest BCUT2D eigenvalue weighted by Gasteiger charge is 2.09. The largest absolute Gasteiger partial charge is 0.465 e. The number of nitrogens with zero attached hydrogens (tertiary/aromatic N) is 2. The van der Waals surface area contributed by atoms with Crippen LogP contribution in [0.2, 0.25) is 0 Å². The maximum atomic E-state index is 11.5. The van der Waals surface area contributed by atoms with Gasteiger partial charge in [-0.2, -0.15) is 4.98 Å². The minimum atomic E-state index is -0.361. The summed E-state index contributed by atoms with van der Waals surface area (Å²) in [6, 6.07) is 17.1. The molecule has 2 N–H and O–H groups in total. The summed E-state index contributed by atoms with van der Waals surface area (Å²) in [5.74, 6) is 1.23. The number of methoxy groups -OCH3 is 1. The summed E-state index contributed by atoms with van der Waals surface area (Å²) in [5.41, 5.74) is 4.36. The molecule has 0 saturated carbocycles.